The van der Waals surface area contributed by atoms with Gasteiger partial charge in [-0.1, -0.05) is 109 Å². The SMILES string of the molecule is O=C1/C(=C\c2ccccc2)[C@]23c4ccccc4N[C@H]2N(Cc2ccccc2)C(=O)[C@@H]3N1Cc1ccccc1. The van der Waals surface area contributed by atoms with Crippen molar-refractivity contribution in [2.45, 2.75) is 30.7 Å². The first-order chi connectivity index (χ1) is 18.7. The predicted octanol–water partition coefficient (Wildman–Crippen LogP) is 5.21. The lowest BCUT2D eigenvalue weighted by molar-refractivity contribution is -0.139. The minimum atomic E-state index is -0.829. The van der Waals surface area contributed by atoms with Crippen LogP contribution in [-0.2, 0) is 28.1 Å². The van der Waals surface area contributed by atoms with E-state index in [1.165, 1.54) is 0 Å². The van der Waals surface area contributed by atoms with E-state index in [1.54, 1.807) is 4.90 Å². The summed E-state index contributed by atoms with van der Waals surface area (Å²) in [6.45, 7) is 0.841. The lowest BCUT2D eigenvalue weighted by Crippen LogP contribution is -2.46. The van der Waals surface area contributed by atoms with Gasteiger partial charge in [0.25, 0.3) is 5.91 Å². The van der Waals surface area contributed by atoms with Crippen molar-refractivity contribution in [1.82, 2.24) is 9.80 Å². The molecule has 38 heavy (non-hydrogen) atoms. The van der Waals surface area contributed by atoms with E-state index in [4.69, 9.17) is 0 Å². The van der Waals surface area contributed by atoms with Crippen LogP contribution < -0.4 is 5.32 Å². The molecule has 5 nitrogen and oxygen atoms in total. The molecule has 4 aromatic carbocycles. The molecule has 0 unspecified atom stereocenters. The maximum absolute atomic E-state index is 14.4. The molecule has 7 rings (SSSR count). The van der Waals surface area contributed by atoms with E-state index in [0.717, 1.165) is 27.9 Å². The molecule has 1 spiro atoms. The number of carbonyl (C=O) groups is 2. The minimum absolute atomic E-state index is 0.0263. The first-order valence-electron chi connectivity index (χ1n) is 13.0. The lowest BCUT2D eigenvalue weighted by atomic mass is 9.72. The normalized spacial score (nSPS) is 24.4. The topological polar surface area (TPSA) is 52.7 Å². The number of fused-ring (bicyclic) bond motifs is 1. The molecule has 3 aliphatic rings. The van der Waals surface area contributed by atoms with Crippen LogP contribution in [0.15, 0.2) is 121 Å². The number of hydrogen-bond acceptors (Lipinski definition) is 3. The zero-order valence-corrected chi connectivity index (χ0v) is 20.8. The quantitative estimate of drug-likeness (QED) is 0.385. The van der Waals surface area contributed by atoms with Gasteiger partial charge in [-0.3, -0.25) is 9.59 Å². The highest BCUT2D eigenvalue weighted by molar-refractivity contribution is 6.12. The van der Waals surface area contributed by atoms with Gasteiger partial charge in [-0.2, -0.15) is 0 Å². The monoisotopic (exact) mass is 497 g/mol. The summed E-state index contributed by atoms with van der Waals surface area (Å²) in [6, 6.07) is 37.4. The standard InChI is InChI=1S/C33H27N3O2/c37-30-27(20-23-12-4-1-5-13-23)33-26-18-10-11-19-28(26)34-32(33)36(22-25-16-8-3-9-17-25)31(38)29(33)35(30)21-24-14-6-2-7-15-24/h1-20,29,32,34H,21-22H2/b27-20+/t29-,32-,33-/m0/s1. The first-order valence-corrected chi connectivity index (χ1v) is 13.0. The molecule has 0 aromatic heterocycles. The number of para-hydroxylation sites is 1. The van der Waals surface area contributed by atoms with Crippen LogP contribution in [0.5, 0.6) is 0 Å². The Balaban J connectivity index is 1.44. The number of anilines is 1. The summed E-state index contributed by atoms with van der Waals surface area (Å²) in [5.41, 5.74) is 4.82. The molecular formula is C33H27N3O2. The molecule has 0 saturated carbocycles. The van der Waals surface area contributed by atoms with E-state index in [-0.39, 0.29) is 18.0 Å². The van der Waals surface area contributed by atoms with Gasteiger partial charge in [-0.15, -0.1) is 0 Å². The summed E-state index contributed by atoms with van der Waals surface area (Å²) in [5, 5.41) is 3.67. The van der Waals surface area contributed by atoms with Crippen LogP contribution in [0.1, 0.15) is 22.3 Å². The van der Waals surface area contributed by atoms with Gasteiger partial charge < -0.3 is 15.1 Å². The Morgan fingerprint density at radius 3 is 1.89 bits per heavy atom. The van der Waals surface area contributed by atoms with Crippen LogP contribution >= 0.6 is 0 Å². The second-order valence-electron chi connectivity index (χ2n) is 10.2. The fraction of sp³-hybridized carbons (Fsp3) is 0.152. The molecule has 2 fully saturated rings. The van der Waals surface area contributed by atoms with Crippen LogP contribution in [-0.4, -0.2) is 33.8 Å². The summed E-state index contributed by atoms with van der Waals surface area (Å²) in [4.78, 5) is 32.5. The Morgan fingerprint density at radius 1 is 0.684 bits per heavy atom. The number of likely N-dealkylation sites (tertiary alicyclic amines) is 2. The van der Waals surface area contributed by atoms with Crippen molar-refractivity contribution in [3.8, 4) is 0 Å². The van der Waals surface area contributed by atoms with Gasteiger partial charge in [-0.25, -0.2) is 0 Å². The molecule has 4 aromatic rings. The molecule has 3 atom stereocenters. The van der Waals surface area contributed by atoms with Crippen LogP contribution in [0.2, 0.25) is 0 Å². The molecule has 0 radical (unpaired) electrons. The van der Waals surface area contributed by atoms with Crippen LogP contribution in [0, 0.1) is 0 Å². The number of hydrogen-bond donors (Lipinski definition) is 1. The van der Waals surface area contributed by atoms with Crippen LogP contribution in [0.4, 0.5) is 5.69 Å². The van der Waals surface area contributed by atoms with Gasteiger partial charge in [0.15, 0.2) is 0 Å². The highest BCUT2D eigenvalue weighted by Crippen LogP contribution is 2.59. The summed E-state index contributed by atoms with van der Waals surface area (Å²) in [6.07, 6.45) is 1.62. The van der Waals surface area contributed by atoms with Gasteiger partial charge in [0.2, 0.25) is 5.91 Å². The van der Waals surface area contributed by atoms with Crippen molar-refractivity contribution in [2.75, 3.05) is 5.32 Å². The molecule has 5 heteroatoms. The molecule has 2 saturated heterocycles. The molecule has 3 aliphatic heterocycles. The maximum Gasteiger partial charge on any atom is 0.252 e. The fourth-order valence-electron chi connectivity index (χ4n) is 6.54. The van der Waals surface area contributed by atoms with Crippen LogP contribution in [0.25, 0.3) is 6.08 Å². The summed E-state index contributed by atoms with van der Waals surface area (Å²) >= 11 is 0. The summed E-state index contributed by atoms with van der Waals surface area (Å²) in [5.74, 6) is -0.111. The predicted molar refractivity (Wildman–Crippen MR) is 148 cm³/mol. The number of rotatable bonds is 5. The third-order valence-corrected chi connectivity index (χ3v) is 8.11. The zero-order chi connectivity index (χ0) is 25.7. The molecule has 2 amide bonds. The Kier molecular flexibility index (Phi) is 5.18. The van der Waals surface area contributed by atoms with E-state index in [9.17, 15) is 9.59 Å². The smallest absolute Gasteiger partial charge is 0.252 e. The average Bonchev–Trinajstić information content (AvgIpc) is 3.50. The van der Waals surface area contributed by atoms with E-state index in [0.29, 0.717) is 18.7 Å². The van der Waals surface area contributed by atoms with Gasteiger partial charge in [-0.05, 0) is 34.4 Å². The summed E-state index contributed by atoms with van der Waals surface area (Å²) < 4.78 is 0. The fourth-order valence-corrected chi connectivity index (χ4v) is 6.54. The molecular weight excluding hydrogens is 470 g/mol. The Labute approximate surface area is 222 Å². The van der Waals surface area contributed by atoms with Gasteiger partial charge in [0.1, 0.15) is 12.2 Å². The van der Waals surface area contributed by atoms with Crippen molar-refractivity contribution in [3.05, 3.63) is 143 Å². The van der Waals surface area contributed by atoms with Crippen molar-refractivity contribution < 1.29 is 9.59 Å². The lowest BCUT2D eigenvalue weighted by Gasteiger charge is -2.31. The minimum Gasteiger partial charge on any atom is -0.364 e. The first kappa shape index (κ1) is 22.5. The number of nitrogens with zero attached hydrogens (tertiary/aromatic N) is 2. The second-order valence-corrected chi connectivity index (χ2v) is 10.2. The van der Waals surface area contributed by atoms with E-state index in [2.05, 4.69) is 17.4 Å². The Hall–Kier alpha value is -4.64. The molecule has 1 N–H and O–H groups in total. The van der Waals surface area contributed by atoms with E-state index >= 15 is 0 Å². The van der Waals surface area contributed by atoms with Gasteiger partial charge in [0, 0.05) is 24.4 Å². The van der Waals surface area contributed by atoms with Crippen molar-refractivity contribution in [1.29, 1.82) is 0 Å². The van der Waals surface area contributed by atoms with Crippen molar-refractivity contribution >= 4 is 23.6 Å². The van der Waals surface area contributed by atoms with Crippen LogP contribution in [0.3, 0.4) is 0 Å². The number of benzene rings is 4. The maximum atomic E-state index is 14.4. The summed E-state index contributed by atoms with van der Waals surface area (Å²) in [7, 11) is 0. The van der Waals surface area contributed by atoms with E-state index in [1.807, 2.05) is 114 Å². The number of amides is 2. The van der Waals surface area contributed by atoms with Crippen molar-refractivity contribution in [2.24, 2.45) is 0 Å². The second kappa shape index (κ2) is 8.73. The highest BCUT2D eigenvalue weighted by Gasteiger charge is 2.72. The third kappa shape index (κ3) is 3.25. The number of nitrogens with one attached hydrogen (secondary N) is 1. The number of carbonyl (C=O) groups excluding carboxylic acids is 2. The average molecular weight is 498 g/mol. The van der Waals surface area contributed by atoms with Gasteiger partial charge in [0.05, 0.1) is 5.41 Å². The molecule has 0 aliphatic carbocycles. The highest BCUT2D eigenvalue weighted by atomic mass is 16.2. The molecule has 0 bridgehead atoms. The van der Waals surface area contributed by atoms with E-state index < -0.39 is 11.5 Å². The molecule has 3 heterocycles. The Bertz CT molecular complexity index is 1550. The molecule has 186 valence electrons. The Morgan fingerprint density at radius 2 is 1.24 bits per heavy atom. The van der Waals surface area contributed by atoms with Gasteiger partial charge >= 0.3 is 0 Å². The third-order valence-electron chi connectivity index (χ3n) is 8.11. The largest absolute Gasteiger partial charge is 0.364 e. The van der Waals surface area contributed by atoms with Crippen molar-refractivity contribution in [3.63, 3.8) is 0 Å². The zero-order valence-electron chi connectivity index (χ0n) is 20.8.